The van der Waals surface area contributed by atoms with Crippen molar-refractivity contribution in [2.24, 2.45) is 0 Å². The normalized spacial score (nSPS) is 21.1. The zero-order valence-corrected chi connectivity index (χ0v) is 12.0. The number of hydrogen-bond acceptors (Lipinski definition) is 4. The first-order valence-corrected chi connectivity index (χ1v) is 8.10. The third kappa shape index (κ3) is 3.39. The molecule has 5 nitrogen and oxygen atoms in total. The van der Waals surface area contributed by atoms with Gasteiger partial charge in [-0.1, -0.05) is 11.6 Å². The van der Waals surface area contributed by atoms with E-state index in [1.54, 1.807) is 25.2 Å². The number of anilines is 1. The molecule has 1 heterocycles. The molecule has 0 saturated carbocycles. The van der Waals surface area contributed by atoms with Gasteiger partial charge in [0.05, 0.1) is 17.1 Å². The van der Waals surface area contributed by atoms with Gasteiger partial charge in [0.25, 0.3) is 5.91 Å². The summed E-state index contributed by atoms with van der Waals surface area (Å²) in [6.07, 6.45) is 0.462. The van der Waals surface area contributed by atoms with Gasteiger partial charge in [0.1, 0.15) is 0 Å². The van der Waals surface area contributed by atoms with Crippen molar-refractivity contribution >= 4 is 33.0 Å². The zero-order chi connectivity index (χ0) is 14.0. The van der Waals surface area contributed by atoms with Gasteiger partial charge in [-0.2, -0.15) is 0 Å². The predicted molar refractivity (Wildman–Crippen MR) is 75.5 cm³/mol. The molecular formula is C12H15ClN2O3S. The van der Waals surface area contributed by atoms with Crippen molar-refractivity contribution in [1.29, 1.82) is 0 Å². The molecule has 1 aliphatic rings. The number of halogens is 1. The first kappa shape index (κ1) is 14.1. The van der Waals surface area contributed by atoms with Crippen LogP contribution in [0, 0.1) is 0 Å². The quantitative estimate of drug-likeness (QED) is 0.882. The minimum atomic E-state index is -3.00. The van der Waals surface area contributed by atoms with E-state index in [1.165, 1.54) is 0 Å². The van der Waals surface area contributed by atoms with Crippen molar-refractivity contribution in [2.75, 3.05) is 23.9 Å². The van der Waals surface area contributed by atoms with Gasteiger partial charge < -0.3 is 10.6 Å². The number of nitrogens with one attached hydrogen (secondary N) is 2. The van der Waals surface area contributed by atoms with E-state index in [2.05, 4.69) is 10.6 Å². The lowest BCUT2D eigenvalue weighted by molar-refractivity contribution is 0.0942. The van der Waals surface area contributed by atoms with Crippen LogP contribution in [-0.4, -0.2) is 38.9 Å². The molecule has 0 aromatic heterocycles. The van der Waals surface area contributed by atoms with Gasteiger partial charge in [-0.05, 0) is 24.6 Å². The highest BCUT2D eigenvalue weighted by Gasteiger charge is 2.29. The topological polar surface area (TPSA) is 75.3 Å². The van der Waals surface area contributed by atoms with Gasteiger partial charge in [-0.15, -0.1) is 0 Å². The number of hydrogen-bond donors (Lipinski definition) is 2. The fraction of sp³-hybridized carbons (Fsp3) is 0.417. The molecule has 1 aromatic rings. The number of carbonyl (C=O) groups is 1. The maximum Gasteiger partial charge on any atom is 0.253 e. The molecule has 2 N–H and O–H groups in total. The summed E-state index contributed by atoms with van der Waals surface area (Å²) in [6, 6.07) is 4.64. The molecule has 1 saturated heterocycles. The van der Waals surface area contributed by atoms with Crippen molar-refractivity contribution < 1.29 is 13.2 Å². The van der Waals surface area contributed by atoms with Crippen molar-refractivity contribution in [1.82, 2.24) is 5.32 Å². The second-order valence-electron chi connectivity index (χ2n) is 4.51. The number of benzene rings is 1. The summed E-state index contributed by atoms with van der Waals surface area (Å²) in [5, 5.41) is 6.10. The van der Waals surface area contributed by atoms with Crippen molar-refractivity contribution in [3.8, 4) is 0 Å². The lowest BCUT2D eigenvalue weighted by Gasteiger charge is -2.13. The van der Waals surface area contributed by atoms with Gasteiger partial charge in [0.2, 0.25) is 0 Å². The summed E-state index contributed by atoms with van der Waals surface area (Å²) < 4.78 is 22.7. The molecule has 7 heteroatoms. The molecule has 0 spiro atoms. The van der Waals surface area contributed by atoms with Crippen LogP contribution in [0.1, 0.15) is 16.8 Å². The zero-order valence-electron chi connectivity index (χ0n) is 10.4. The van der Waals surface area contributed by atoms with Crippen LogP contribution in [-0.2, 0) is 9.84 Å². The standard InChI is InChI=1S/C12H15ClN2O3S/c1-14-11-3-2-8(13)6-10(11)12(16)15-9-4-5-19(17,18)7-9/h2-3,6,9,14H,4-5,7H2,1H3,(H,15,16). The van der Waals surface area contributed by atoms with Gasteiger partial charge >= 0.3 is 0 Å². The molecule has 1 unspecified atom stereocenters. The maximum atomic E-state index is 12.1. The van der Waals surface area contributed by atoms with Gasteiger partial charge in [-0.3, -0.25) is 4.79 Å². The minimum Gasteiger partial charge on any atom is -0.387 e. The molecule has 104 valence electrons. The summed E-state index contributed by atoms with van der Waals surface area (Å²) in [6.45, 7) is 0. The Morgan fingerprint density at radius 1 is 1.42 bits per heavy atom. The monoisotopic (exact) mass is 302 g/mol. The highest BCUT2D eigenvalue weighted by atomic mass is 35.5. The lowest BCUT2D eigenvalue weighted by Crippen LogP contribution is -2.35. The molecule has 0 radical (unpaired) electrons. The largest absolute Gasteiger partial charge is 0.387 e. The van der Waals surface area contributed by atoms with Crippen LogP contribution in [0.2, 0.25) is 5.02 Å². The predicted octanol–water partition coefficient (Wildman–Crippen LogP) is 1.30. The molecule has 0 aliphatic carbocycles. The average molecular weight is 303 g/mol. The van der Waals surface area contributed by atoms with Crippen molar-refractivity contribution in [3.63, 3.8) is 0 Å². The van der Waals surface area contributed by atoms with E-state index in [1.807, 2.05) is 0 Å². The van der Waals surface area contributed by atoms with E-state index in [0.29, 0.717) is 22.7 Å². The van der Waals surface area contributed by atoms with E-state index >= 15 is 0 Å². The molecule has 0 bridgehead atoms. The summed E-state index contributed by atoms with van der Waals surface area (Å²) >= 11 is 5.88. The molecule has 1 aliphatic heterocycles. The molecule has 1 amide bonds. The molecule has 1 fully saturated rings. The van der Waals surface area contributed by atoms with Gasteiger partial charge in [0.15, 0.2) is 9.84 Å². The number of carbonyl (C=O) groups excluding carboxylic acids is 1. The van der Waals surface area contributed by atoms with Crippen LogP contribution in [0.5, 0.6) is 0 Å². The Morgan fingerprint density at radius 3 is 2.74 bits per heavy atom. The number of amides is 1. The smallest absolute Gasteiger partial charge is 0.253 e. The van der Waals surface area contributed by atoms with Crippen LogP contribution in [0.15, 0.2) is 18.2 Å². The highest BCUT2D eigenvalue weighted by Crippen LogP contribution is 2.21. The van der Waals surface area contributed by atoms with Gasteiger partial charge in [0, 0.05) is 23.8 Å². The average Bonchev–Trinajstić information content (AvgIpc) is 2.68. The molecule has 1 aromatic carbocycles. The Balaban J connectivity index is 2.14. The Bertz CT molecular complexity index is 601. The third-order valence-corrected chi connectivity index (χ3v) is 5.07. The van der Waals surface area contributed by atoms with E-state index in [9.17, 15) is 13.2 Å². The number of sulfone groups is 1. The molecule has 19 heavy (non-hydrogen) atoms. The first-order chi connectivity index (χ1) is 8.91. The van der Waals surface area contributed by atoms with Crippen LogP contribution >= 0.6 is 11.6 Å². The van der Waals surface area contributed by atoms with Crippen LogP contribution in [0.25, 0.3) is 0 Å². The second kappa shape index (κ2) is 5.38. The maximum absolute atomic E-state index is 12.1. The third-order valence-electron chi connectivity index (χ3n) is 3.06. The number of rotatable bonds is 3. The summed E-state index contributed by atoms with van der Waals surface area (Å²) in [7, 11) is -1.30. The van der Waals surface area contributed by atoms with E-state index in [4.69, 9.17) is 11.6 Å². The highest BCUT2D eigenvalue weighted by molar-refractivity contribution is 7.91. The van der Waals surface area contributed by atoms with E-state index < -0.39 is 9.84 Å². The van der Waals surface area contributed by atoms with Crippen molar-refractivity contribution in [3.05, 3.63) is 28.8 Å². The van der Waals surface area contributed by atoms with Crippen molar-refractivity contribution in [2.45, 2.75) is 12.5 Å². The first-order valence-electron chi connectivity index (χ1n) is 5.90. The molecule has 2 rings (SSSR count). The van der Waals surface area contributed by atoms with E-state index in [0.717, 1.165) is 0 Å². The van der Waals surface area contributed by atoms with Crippen LogP contribution in [0.3, 0.4) is 0 Å². The Hall–Kier alpha value is -1.27. The summed E-state index contributed by atoms with van der Waals surface area (Å²) in [4.78, 5) is 12.1. The SMILES string of the molecule is CNc1ccc(Cl)cc1C(=O)NC1CCS(=O)(=O)C1. The fourth-order valence-electron chi connectivity index (χ4n) is 2.09. The second-order valence-corrected chi connectivity index (χ2v) is 7.18. The van der Waals surface area contributed by atoms with Crippen LogP contribution in [0.4, 0.5) is 5.69 Å². The Morgan fingerprint density at radius 2 is 2.16 bits per heavy atom. The molecular weight excluding hydrogens is 288 g/mol. The fourth-order valence-corrected chi connectivity index (χ4v) is 3.94. The Labute approximate surface area is 117 Å². The minimum absolute atomic E-state index is 0.00813. The van der Waals surface area contributed by atoms with E-state index in [-0.39, 0.29) is 23.5 Å². The summed E-state index contributed by atoms with van der Waals surface area (Å²) in [5.74, 6) is -0.172. The lowest BCUT2D eigenvalue weighted by atomic mass is 10.1. The van der Waals surface area contributed by atoms with Crippen LogP contribution < -0.4 is 10.6 Å². The molecule has 1 atom stereocenters. The van der Waals surface area contributed by atoms with Gasteiger partial charge in [-0.25, -0.2) is 8.42 Å². The Kier molecular flexibility index (Phi) is 4.01. The summed E-state index contributed by atoms with van der Waals surface area (Å²) in [5.41, 5.74) is 1.07.